The topological polar surface area (TPSA) is 87.4 Å². The van der Waals surface area contributed by atoms with Gasteiger partial charge in [-0.05, 0) is 57.6 Å². The van der Waals surface area contributed by atoms with Crippen LogP contribution in [0.5, 0.6) is 0 Å². The van der Waals surface area contributed by atoms with Crippen molar-refractivity contribution in [2.75, 3.05) is 38.6 Å². The van der Waals surface area contributed by atoms with Crippen molar-refractivity contribution in [3.8, 4) is 11.3 Å². The fraction of sp³-hybridized carbons (Fsp3) is 0.391. The van der Waals surface area contributed by atoms with Gasteiger partial charge in [-0.25, -0.2) is 9.97 Å². The molecule has 1 unspecified atom stereocenters. The third-order valence-corrected chi connectivity index (χ3v) is 5.56. The Morgan fingerprint density at radius 3 is 2.65 bits per heavy atom. The van der Waals surface area contributed by atoms with Gasteiger partial charge in [-0.1, -0.05) is 0 Å². The number of nitrogens with zero attached hydrogens (tertiary/aromatic N) is 5. The van der Waals surface area contributed by atoms with Gasteiger partial charge in [0.25, 0.3) is 5.91 Å². The summed E-state index contributed by atoms with van der Waals surface area (Å²) in [4.78, 5) is 30.8. The van der Waals surface area contributed by atoms with Gasteiger partial charge in [0.1, 0.15) is 5.76 Å². The van der Waals surface area contributed by atoms with Crippen LogP contribution in [0.15, 0.2) is 53.5 Å². The van der Waals surface area contributed by atoms with Crippen LogP contribution in [0, 0.1) is 0 Å². The maximum absolute atomic E-state index is 13.2. The smallest absolute Gasteiger partial charge is 0.255 e. The molecule has 31 heavy (non-hydrogen) atoms. The average molecular weight is 421 g/mol. The number of carbonyl (C=O) groups is 1. The number of carbonyl (C=O) groups excluding carboxylic acids is 1. The summed E-state index contributed by atoms with van der Waals surface area (Å²) in [5, 5.41) is 3.03. The molecule has 1 fully saturated rings. The number of aromatic nitrogens is 3. The number of pyridine rings is 1. The van der Waals surface area contributed by atoms with Gasteiger partial charge in [0.15, 0.2) is 0 Å². The highest BCUT2D eigenvalue weighted by Crippen LogP contribution is 2.25. The normalized spacial score (nSPS) is 15.1. The molecule has 0 aromatic carbocycles. The van der Waals surface area contributed by atoms with Crippen LogP contribution in [0.1, 0.15) is 41.4 Å². The molecule has 0 bridgehead atoms. The van der Waals surface area contributed by atoms with Gasteiger partial charge in [0.05, 0.1) is 23.6 Å². The molecule has 1 aliphatic rings. The molecule has 1 aliphatic heterocycles. The summed E-state index contributed by atoms with van der Waals surface area (Å²) in [6.07, 6.45) is 10.2. The lowest BCUT2D eigenvalue weighted by molar-refractivity contribution is 0.0939. The quantitative estimate of drug-likeness (QED) is 0.628. The molecule has 3 aromatic rings. The van der Waals surface area contributed by atoms with Gasteiger partial charge in [-0.3, -0.25) is 14.7 Å². The molecule has 4 rings (SSSR count). The summed E-state index contributed by atoms with van der Waals surface area (Å²) in [5.74, 6) is 1.26. The van der Waals surface area contributed by atoms with Crippen LogP contribution in [0.25, 0.3) is 11.3 Å². The van der Waals surface area contributed by atoms with E-state index in [2.05, 4.69) is 20.2 Å². The van der Waals surface area contributed by atoms with Crippen molar-refractivity contribution in [2.45, 2.75) is 25.3 Å². The molecule has 0 spiro atoms. The van der Waals surface area contributed by atoms with Crippen LogP contribution in [-0.4, -0.2) is 59.5 Å². The van der Waals surface area contributed by atoms with Crippen molar-refractivity contribution in [3.05, 3.63) is 60.4 Å². The van der Waals surface area contributed by atoms with Gasteiger partial charge < -0.3 is 14.6 Å². The fourth-order valence-electron chi connectivity index (χ4n) is 3.82. The number of piperidine rings is 1. The number of furan rings is 1. The van der Waals surface area contributed by atoms with E-state index in [4.69, 9.17) is 9.40 Å². The van der Waals surface area contributed by atoms with Crippen molar-refractivity contribution in [1.29, 1.82) is 0 Å². The first kappa shape index (κ1) is 21.0. The van der Waals surface area contributed by atoms with Crippen molar-refractivity contribution in [3.63, 3.8) is 0 Å². The Hall–Kier alpha value is -3.26. The lowest BCUT2D eigenvalue weighted by atomic mass is 10.1. The van der Waals surface area contributed by atoms with Crippen LogP contribution in [-0.2, 0) is 0 Å². The molecule has 1 amide bonds. The molecule has 4 heterocycles. The molecule has 8 nitrogen and oxygen atoms in total. The monoisotopic (exact) mass is 420 g/mol. The molecule has 1 atom stereocenters. The second-order valence-electron chi connectivity index (χ2n) is 7.92. The summed E-state index contributed by atoms with van der Waals surface area (Å²) in [6.45, 7) is 2.28. The third-order valence-electron chi connectivity index (χ3n) is 5.56. The number of rotatable bonds is 7. The largest absolute Gasteiger partial charge is 0.468 e. The minimum Gasteiger partial charge on any atom is -0.468 e. The minimum absolute atomic E-state index is 0.0723. The van der Waals surface area contributed by atoms with Gasteiger partial charge >= 0.3 is 0 Å². The van der Waals surface area contributed by atoms with E-state index in [0.717, 1.165) is 37.3 Å². The molecular formula is C23H28N6O2. The molecule has 162 valence electrons. The van der Waals surface area contributed by atoms with Crippen LogP contribution >= 0.6 is 0 Å². The number of amides is 1. The maximum atomic E-state index is 13.2. The van der Waals surface area contributed by atoms with Gasteiger partial charge in [0, 0.05) is 43.8 Å². The Kier molecular flexibility index (Phi) is 6.57. The molecular weight excluding hydrogens is 392 g/mol. The zero-order valence-corrected chi connectivity index (χ0v) is 18.0. The number of anilines is 1. The fourth-order valence-corrected chi connectivity index (χ4v) is 3.82. The zero-order chi connectivity index (χ0) is 21.6. The summed E-state index contributed by atoms with van der Waals surface area (Å²) >= 11 is 0. The van der Waals surface area contributed by atoms with E-state index in [1.54, 1.807) is 24.9 Å². The second kappa shape index (κ2) is 9.70. The van der Waals surface area contributed by atoms with Crippen LogP contribution < -0.4 is 10.2 Å². The average Bonchev–Trinajstić information content (AvgIpc) is 3.34. The SMILES string of the molecule is CN(C)C(CNC(=O)c1cnc(N2CCCCC2)nc1-c1ccncc1)c1ccco1. The van der Waals surface area contributed by atoms with Gasteiger partial charge in [-0.15, -0.1) is 0 Å². The van der Waals surface area contributed by atoms with Crippen molar-refractivity contribution in [1.82, 2.24) is 25.2 Å². The van der Waals surface area contributed by atoms with Crippen LogP contribution in [0.4, 0.5) is 5.95 Å². The number of likely N-dealkylation sites (N-methyl/N-ethyl adjacent to an activating group) is 1. The Balaban J connectivity index is 1.59. The highest BCUT2D eigenvalue weighted by molar-refractivity contribution is 5.99. The maximum Gasteiger partial charge on any atom is 0.255 e. The van der Waals surface area contributed by atoms with Crippen LogP contribution in [0.2, 0.25) is 0 Å². The summed E-state index contributed by atoms with van der Waals surface area (Å²) in [5.41, 5.74) is 1.91. The molecule has 1 N–H and O–H groups in total. The Morgan fingerprint density at radius 2 is 1.97 bits per heavy atom. The van der Waals surface area contributed by atoms with E-state index >= 15 is 0 Å². The molecule has 3 aromatic heterocycles. The van der Waals surface area contributed by atoms with E-state index in [1.807, 2.05) is 43.3 Å². The first-order valence-corrected chi connectivity index (χ1v) is 10.6. The minimum atomic E-state index is -0.213. The lowest BCUT2D eigenvalue weighted by Crippen LogP contribution is -2.35. The predicted octanol–water partition coefficient (Wildman–Crippen LogP) is 3.15. The van der Waals surface area contributed by atoms with Crippen LogP contribution in [0.3, 0.4) is 0 Å². The number of nitrogens with one attached hydrogen (secondary N) is 1. The Morgan fingerprint density at radius 1 is 1.19 bits per heavy atom. The van der Waals surface area contributed by atoms with E-state index in [9.17, 15) is 4.79 Å². The van der Waals surface area contributed by atoms with Gasteiger partial charge in [-0.2, -0.15) is 0 Å². The Bertz CT molecular complexity index is 985. The highest BCUT2D eigenvalue weighted by Gasteiger charge is 2.22. The Labute approximate surface area is 182 Å². The lowest BCUT2D eigenvalue weighted by Gasteiger charge is -2.27. The molecule has 1 saturated heterocycles. The van der Waals surface area contributed by atoms with E-state index in [1.165, 1.54) is 6.42 Å². The summed E-state index contributed by atoms with van der Waals surface area (Å²) in [7, 11) is 3.91. The van der Waals surface area contributed by atoms with Crippen molar-refractivity contribution >= 4 is 11.9 Å². The second-order valence-corrected chi connectivity index (χ2v) is 7.92. The zero-order valence-electron chi connectivity index (χ0n) is 18.0. The summed E-state index contributed by atoms with van der Waals surface area (Å²) in [6, 6.07) is 7.42. The standard InChI is InChI=1S/C23H28N6O2/c1-28(2)19(20-7-6-14-31-20)16-25-22(30)18-15-26-23(29-12-4-3-5-13-29)27-21(18)17-8-10-24-11-9-17/h6-11,14-15,19H,3-5,12-13,16H2,1-2H3,(H,25,30). The van der Waals surface area contributed by atoms with E-state index < -0.39 is 0 Å². The molecule has 0 aliphatic carbocycles. The van der Waals surface area contributed by atoms with Gasteiger partial charge in [0.2, 0.25) is 5.95 Å². The molecule has 8 heteroatoms. The molecule has 0 saturated carbocycles. The van der Waals surface area contributed by atoms with Crippen molar-refractivity contribution < 1.29 is 9.21 Å². The predicted molar refractivity (Wildman–Crippen MR) is 119 cm³/mol. The molecule has 0 radical (unpaired) electrons. The summed E-state index contributed by atoms with van der Waals surface area (Å²) < 4.78 is 5.54. The number of hydrogen-bond acceptors (Lipinski definition) is 7. The number of hydrogen-bond donors (Lipinski definition) is 1. The third kappa shape index (κ3) is 4.91. The van der Waals surface area contributed by atoms with E-state index in [-0.39, 0.29) is 11.9 Å². The highest BCUT2D eigenvalue weighted by atomic mass is 16.3. The van der Waals surface area contributed by atoms with Crippen molar-refractivity contribution in [2.24, 2.45) is 0 Å². The first-order valence-electron chi connectivity index (χ1n) is 10.6. The first-order chi connectivity index (χ1) is 15.1. The van der Waals surface area contributed by atoms with E-state index in [0.29, 0.717) is 23.8 Å².